The standard InChI is InChI=1S/C17H20O5S/c1-13-7-9-15(10-8-13)23(18,19)22-12-11-14-5-4-6-16(20-2)17(14)21-3/h4-10H,11-12H2,1-3H3. The lowest BCUT2D eigenvalue weighted by molar-refractivity contribution is 0.315. The van der Waals surface area contributed by atoms with Crippen molar-refractivity contribution < 1.29 is 22.1 Å². The Morgan fingerprint density at radius 3 is 2.26 bits per heavy atom. The molecule has 0 heterocycles. The molecule has 0 spiro atoms. The van der Waals surface area contributed by atoms with Crippen molar-refractivity contribution in [3.63, 3.8) is 0 Å². The zero-order valence-corrected chi connectivity index (χ0v) is 14.2. The Morgan fingerprint density at radius 1 is 0.957 bits per heavy atom. The first kappa shape index (κ1) is 17.3. The van der Waals surface area contributed by atoms with Gasteiger partial charge in [-0.25, -0.2) is 0 Å². The van der Waals surface area contributed by atoms with Crippen molar-refractivity contribution in [3.8, 4) is 11.5 Å². The van der Waals surface area contributed by atoms with Gasteiger partial charge >= 0.3 is 0 Å². The number of ether oxygens (including phenoxy) is 2. The van der Waals surface area contributed by atoms with Crippen molar-refractivity contribution in [2.45, 2.75) is 18.2 Å². The van der Waals surface area contributed by atoms with Crippen LogP contribution in [0, 0.1) is 6.92 Å². The number of rotatable bonds is 7. The second-order valence-corrected chi connectivity index (χ2v) is 6.61. The first-order valence-electron chi connectivity index (χ1n) is 7.14. The predicted molar refractivity (Wildman–Crippen MR) is 87.6 cm³/mol. The third-order valence-electron chi connectivity index (χ3n) is 3.40. The minimum absolute atomic E-state index is 0.0275. The van der Waals surface area contributed by atoms with Gasteiger partial charge in [0.25, 0.3) is 10.1 Å². The topological polar surface area (TPSA) is 61.8 Å². The number of benzene rings is 2. The van der Waals surface area contributed by atoms with Crippen LogP contribution in [0.4, 0.5) is 0 Å². The zero-order chi connectivity index (χ0) is 16.9. The Morgan fingerprint density at radius 2 is 1.65 bits per heavy atom. The Bertz CT molecular complexity index is 751. The Labute approximate surface area is 136 Å². The van der Waals surface area contributed by atoms with Crippen molar-refractivity contribution in [2.75, 3.05) is 20.8 Å². The third kappa shape index (κ3) is 4.24. The molecule has 124 valence electrons. The molecule has 2 aromatic carbocycles. The minimum Gasteiger partial charge on any atom is -0.493 e. The van der Waals surface area contributed by atoms with Gasteiger partial charge in [0.2, 0.25) is 0 Å². The summed E-state index contributed by atoms with van der Waals surface area (Å²) in [5, 5.41) is 0. The van der Waals surface area contributed by atoms with Crippen LogP contribution in [0.5, 0.6) is 11.5 Å². The maximum Gasteiger partial charge on any atom is 0.296 e. The van der Waals surface area contributed by atoms with Gasteiger partial charge in [0.1, 0.15) is 0 Å². The second kappa shape index (κ2) is 7.48. The molecule has 0 aliphatic heterocycles. The van der Waals surface area contributed by atoms with E-state index >= 15 is 0 Å². The average Bonchev–Trinajstić information content (AvgIpc) is 2.54. The molecular weight excluding hydrogens is 316 g/mol. The number of para-hydroxylation sites is 1. The molecule has 0 saturated heterocycles. The van der Waals surface area contributed by atoms with E-state index in [1.807, 2.05) is 19.1 Å². The van der Waals surface area contributed by atoms with Crippen LogP contribution in [0.3, 0.4) is 0 Å². The summed E-state index contributed by atoms with van der Waals surface area (Å²) in [5.41, 5.74) is 1.82. The molecule has 0 atom stereocenters. The van der Waals surface area contributed by atoms with E-state index in [0.29, 0.717) is 17.9 Å². The molecule has 0 unspecified atom stereocenters. The highest BCUT2D eigenvalue weighted by molar-refractivity contribution is 7.86. The number of methoxy groups -OCH3 is 2. The smallest absolute Gasteiger partial charge is 0.296 e. The molecule has 0 aliphatic carbocycles. The Hall–Kier alpha value is -2.05. The quantitative estimate of drug-likeness (QED) is 0.728. The van der Waals surface area contributed by atoms with E-state index in [4.69, 9.17) is 13.7 Å². The molecule has 0 aromatic heterocycles. The molecule has 5 nitrogen and oxygen atoms in total. The van der Waals surface area contributed by atoms with E-state index < -0.39 is 10.1 Å². The van der Waals surface area contributed by atoms with Gasteiger partial charge in [-0.2, -0.15) is 8.42 Å². The lowest BCUT2D eigenvalue weighted by atomic mass is 10.1. The first-order valence-corrected chi connectivity index (χ1v) is 8.54. The monoisotopic (exact) mass is 336 g/mol. The Balaban J connectivity index is 2.06. The van der Waals surface area contributed by atoms with Crippen molar-refractivity contribution in [1.82, 2.24) is 0 Å². The zero-order valence-electron chi connectivity index (χ0n) is 13.4. The molecule has 23 heavy (non-hydrogen) atoms. The van der Waals surface area contributed by atoms with Gasteiger partial charge in [-0.05, 0) is 25.1 Å². The van der Waals surface area contributed by atoms with Crippen molar-refractivity contribution in [2.24, 2.45) is 0 Å². The van der Waals surface area contributed by atoms with E-state index in [2.05, 4.69) is 0 Å². The predicted octanol–water partition coefficient (Wildman–Crippen LogP) is 2.96. The fraction of sp³-hybridized carbons (Fsp3) is 0.294. The van der Waals surface area contributed by atoms with Crippen LogP contribution < -0.4 is 9.47 Å². The van der Waals surface area contributed by atoms with E-state index in [9.17, 15) is 8.42 Å². The van der Waals surface area contributed by atoms with Crippen LogP contribution in [-0.2, 0) is 20.7 Å². The van der Waals surface area contributed by atoms with Gasteiger partial charge in [0.15, 0.2) is 11.5 Å². The first-order chi connectivity index (χ1) is 11.0. The van der Waals surface area contributed by atoms with Crippen molar-refractivity contribution in [1.29, 1.82) is 0 Å². The van der Waals surface area contributed by atoms with Gasteiger partial charge in [-0.1, -0.05) is 29.8 Å². The molecular formula is C17H20O5S. The molecule has 6 heteroatoms. The largest absolute Gasteiger partial charge is 0.493 e. The second-order valence-electron chi connectivity index (χ2n) is 4.99. The molecule has 0 aliphatic rings. The number of aryl methyl sites for hydroxylation is 1. The lowest BCUT2D eigenvalue weighted by Crippen LogP contribution is -2.10. The fourth-order valence-electron chi connectivity index (χ4n) is 2.18. The molecule has 0 N–H and O–H groups in total. The van der Waals surface area contributed by atoms with Crippen LogP contribution in [-0.4, -0.2) is 29.2 Å². The average molecular weight is 336 g/mol. The minimum atomic E-state index is -3.75. The van der Waals surface area contributed by atoms with Crippen LogP contribution in [0.15, 0.2) is 47.4 Å². The summed E-state index contributed by atoms with van der Waals surface area (Å²) in [4.78, 5) is 0.153. The van der Waals surface area contributed by atoms with Crippen LogP contribution in [0.2, 0.25) is 0 Å². The highest BCUT2D eigenvalue weighted by atomic mass is 32.2. The molecule has 0 saturated carbocycles. The van der Waals surface area contributed by atoms with Crippen molar-refractivity contribution in [3.05, 3.63) is 53.6 Å². The number of hydrogen-bond acceptors (Lipinski definition) is 5. The van der Waals surface area contributed by atoms with Gasteiger partial charge in [-0.15, -0.1) is 0 Å². The normalized spacial score (nSPS) is 11.3. The summed E-state index contributed by atoms with van der Waals surface area (Å²) in [7, 11) is -0.652. The third-order valence-corrected chi connectivity index (χ3v) is 4.73. The summed E-state index contributed by atoms with van der Waals surface area (Å²) < 4.78 is 39.9. The van der Waals surface area contributed by atoms with Gasteiger partial charge in [0.05, 0.1) is 25.7 Å². The molecule has 0 radical (unpaired) electrons. The lowest BCUT2D eigenvalue weighted by Gasteiger charge is -2.12. The fourth-order valence-corrected chi connectivity index (χ4v) is 3.09. The maximum absolute atomic E-state index is 12.1. The molecule has 2 aromatic rings. The summed E-state index contributed by atoms with van der Waals surface area (Å²) >= 11 is 0. The summed E-state index contributed by atoms with van der Waals surface area (Å²) in [6.45, 7) is 1.92. The molecule has 0 bridgehead atoms. The van der Waals surface area contributed by atoms with E-state index in [1.165, 1.54) is 12.1 Å². The maximum atomic E-state index is 12.1. The van der Waals surface area contributed by atoms with E-state index in [1.54, 1.807) is 32.4 Å². The van der Waals surface area contributed by atoms with Gasteiger partial charge < -0.3 is 9.47 Å². The van der Waals surface area contributed by atoms with Gasteiger partial charge in [-0.3, -0.25) is 4.18 Å². The summed E-state index contributed by atoms with van der Waals surface area (Å²) in [5.74, 6) is 1.19. The van der Waals surface area contributed by atoms with E-state index in [-0.39, 0.29) is 11.5 Å². The van der Waals surface area contributed by atoms with Crippen LogP contribution >= 0.6 is 0 Å². The van der Waals surface area contributed by atoms with Crippen LogP contribution in [0.25, 0.3) is 0 Å². The van der Waals surface area contributed by atoms with Gasteiger partial charge in [0, 0.05) is 12.0 Å². The van der Waals surface area contributed by atoms with Crippen molar-refractivity contribution >= 4 is 10.1 Å². The molecule has 0 fully saturated rings. The Kier molecular flexibility index (Phi) is 5.63. The highest BCUT2D eigenvalue weighted by Gasteiger charge is 2.16. The highest BCUT2D eigenvalue weighted by Crippen LogP contribution is 2.31. The number of hydrogen-bond donors (Lipinski definition) is 0. The van der Waals surface area contributed by atoms with Crippen LogP contribution in [0.1, 0.15) is 11.1 Å². The summed E-state index contributed by atoms with van der Waals surface area (Å²) in [6.07, 6.45) is 0.394. The van der Waals surface area contributed by atoms with E-state index in [0.717, 1.165) is 11.1 Å². The molecule has 2 rings (SSSR count). The summed E-state index contributed by atoms with van der Waals surface area (Å²) in [6, 6.07) is 12.0. The molecule has 0 amide bonds. The SMILES string of the molecule is COc1cccc(CCOS(=O)(=O)c2ccc(C)cc2)c1OC.